The van der Waals surface area contributed by atoms with Crippen LogP contribution < -0.4 is 5.32 Å². The first-order chi connectivity index (χ1) is 9.38. The molecule has 1 atom stereocenters. The van der Waals surface area contributed by atoms with Crippen molar-refractivity contribution in [3.8, 4) is 0 Å². The second-order valence-electron chi connectivity index (χ2n) is 6.49. The van der Waals surface area contributed by atoms with Crippen LogP contribution in [0, 0.1) is 5.92 Å². The molecule has 0 aliphatic heterocycles. The third-order valence-corrected chi connectivity index (χ3v) is 4.85. The molecule has 114 valence electrons. The van der Waals surface area contributed by atoms with Gasteiger partial charge in [-0.2, -0.15) is 0 Å². The van der Waals surface area contributed by atoms with Crippen LogP contribution in [-0.4, -0.2) is 12.6 Å². The Morgan fingerprint density at radius 3 is 2.11 bits per heavy atom. The average Bonchev–Trinajstić information content (AvgIpc) is 2.47. The molecule has 1 rings (SSSR count). The minimum atomic E-state index is 0.806. The number of hydrogen-bond donors (Lipinski definition) is 1. The predicted molar refractivity (Wildman–Crippen MR) is 86.6 cm³/mol. The molecule has 1 fully saturated rings. The summed E-state index contributed by atoms with van der Waals surface area (Å²) in [5, 5.41) is 3.84. The highest BCUT2D eigenvalue weighted by atomic mass is 14.9. The van der Waals surface area contributed by atoms with Crippen molar-refractivity contribution in [2.75, 3.05) is 6.54 Å². The molecule has 1 heteroatoms. The molecule has 1 nitrogen and oxygen atoms in total. The van der Waals surface area contributed by atoms with Gasteiger partial charge in [0.15, 0.2) is 0 Å². The van der Waals surface area contributed by atoms with Gasteiger partial charge in [-0.3, -0.25) is 0 Å². The Kier molecular flexibility index (Phi) is 10.5. The SMILES string of the molecule is CCCCCCCCCNC(CC)C1CCCCC1. The van der Waals surface area contributed by atoms with Crippen LogP contribution in [0.5, 0.6) is 0 Å². The van der Waals surface area contributed by atoms with Gasteiger partial charge in [-0.1, -0.05) is 71.6 Å². The van der Waals surface area contributed by atoms with Crippen molar-refractivity contribution in [3.63, 3.8) is 0 Å². The number of rotatable bonds is 11. The Morgan fingerprint density at radius 1 is 0.842 bits per heavy atom. The number of hydrogen-bond acceptors (Lipinski definition) is 1. The fourth-order valence-electron chi connectivity index (χ4n) is 3.55. The molecule has 1 N–H and O–H groups in total. The van der Waals surface area contributed by atoms with Crippen molar-refractivity contribution in [1.82, 2.24) is 5.32 Å². The molecule has 19 heavy (non-hydrogen) atoms. The second-order valence-corrected chi connectivity index (χ2v) is 6.49. The Hall–Kier alpha value is -0.0400. The third-order valence-electron chi connectivity index (χ3n) is 4.85. The maximum atomic E-state index is 3.84. The van der Waals surface area contributed by atoms with Gasteiger partial charge in [0, 0.05) is 6.04 Å². The standard InChI is InChI=1S/C18H37N/c1-3-5-6-7-8-9-13-16-19-18(4-2)17-14-11-10-12-15-17/h17-19H,3-16H2,1-2H3. The lowest BCUT2D eigenvalue weighted by Gasteiger charge is -2.30. The molecule has 0 radical (unpaired) electrons. The van der Waals surface area contributed by atoms with Crippen LogP contribution in [-0.2, 0) is 0 Å². The van der Waals surface area contributed by atoms with E-state index in [1.54, 1.807) is 0 Å². The summed E-state index contributed by atoms with van der Waals surface area (Å²) in [7, 11) is 0. The zero-order valence-electron chi connectivity index (χ0n) is 13.6. The minimum Gasteiger partial charge on any atom is -0.314 e. The maximum Gasteiger partial charge on any atom is 0.00926 e. The van der Waals surface area contributed by atoms with E-state index in [0.717, 1.165) is 12.0 Å². The van der Waals surface area contributed by atoms with Gasteiger partial charge in [0.05, 0.1) is 0 Å². The average molecular weight is 268 g/mol. The zero-order valence-corrected chi connectivity index (χ0v) is 13.6. The third kappa shape index (κ3) is 7.97. The summed E-state index contributed by atoms with van der Waals surface area (Å²) in [4.78, 5) is 0. The van der Waals surface area contributed by atoms with Gasteiger partial charge < -0.3 is 5.32 Å². The zero-order chi connectivity index (χ0) is 13.8. The van der Waals surface area contributed by atoms with Crippen LogP contribution in [0.4, 0.5) is 0 Å². The van der Waals surface area contributed by atoms with Gasteiger partial charge >= 0.3 is 0 Å². The van der Waals surface area contributed by atoms with E-state index in [1.165, 1.54) is 90.0 Å². The van der Waals surface area contributed by atoms with Crippen molar-refractivity contribution in [3.05, 3.63) is 0 Å². The van der Waals surface area contributed by atoms with Crippen molar-refractivity contribution in [2.45, 2.75) is 103 Å². The van der Waals surface area contributed by atoms with E-state index in [0.29, 0.717) is 0 Å². The van der Waals surface area contributed by atoms with E-state index in [4.69, 9.17) is 0 Å². The molecule has 0 aromatic rings. The lowest BCUT2D eigenvalue weighted by molar-refractivity contribution is 0.262. The van der Waals surface area contributed by atoms with Crippen LogP contribution in [0.1, 0.15) is 97.3 Å². The lowest BCUT2D eigenvalue weighted by atomic mass is 9.83. The van der Waals surface area contributed by atoms with Gasteiger partial charge in [0.1, 0.15) is 0 Å². The van der Waals surface area contributed by atoms with Gasteiger partial charge in [-0.15, -0.1) is 0 Å². The van der Waals surface area contributed by atoms with Gasteiger partial charge in [0.2, 0.25) is 0 Å². The summed E-state index contributed by atoms with van der Waals surface area (Å²) in [5.74, 6) is 0.975. The summed E-state index contributed by atoms with van der Waals surface area (Å²) in [6.07, 6.45) is 18.6. The number of nitrogens with one attached hydrogen (secondary N) is 1. The monoisotopic (exact) mass is 267 g/mol. The molecule has 0 spiro atoms. The molecule has 0 saturated heterocycles. The highest BCUT2D eigenvalue weighted by Gasteiger charge is 2.21. The molecular weight excluding hydrogens is 230 g/mol. The molecule has 1 aliphatic rings. The normalized spacial score (nSPS) is 18.6. The summed E-state index contributed by atoms with van der Waals surface area (Å²) in [6, 6.07) is 0.806. The van der Waals surface area contributed by atoms with Crippen molar-refractivity contribution < 1.29 is 0 Å². The summed E-state index contributed by atoms with van der Waals surface area (Å²) < 4.78 is 0. The molecule has 0 amide bonds. The van der Waals surface area contributed by atoms with E-state index >= 15 is 0 Å². The molecule has 1 saturated carbocycles. The molecule has 0 heterocycles. The van der Waals surface area contributed by atoms with Gasteiger partial charge in [-0.05, 0) is 38.1 Å². The fourth-order valence-corrected chi connectivity index (χ4v) is 3.55. The molecule has 0 aromatic heterocycles. The summed E-state index contributed by atoms with van der Waals surface area (Å²) >= 11 is 0. The maximum absolute atomic E-state index is 3.84. The van der Waals surface area contributed by atoms with Crippen LogP contribution in [0.3, 0.4) is 0 Å². The summed E-state index contributed by atoms with van der Waals surface area (Å²) in [5.41, 5.74) is 0. The van der Waals surface area contributed by atoms with Gasteiger partial charge in [0.25, 0.3) is 0 Å². The van der Waals surface area contributed by atoms with E-state index in [-0.39, 0.29) is 0 Å². The Morgan fingerprint density at radius 2 is 1.47 bits per heavy atom. The topological polar surface area (TPSA) is 12.0 Å². The van der Waals surface area contributed by atoms with E-state index in [2.05, 4.69) is 19.2 Å². The Balaban J connectivity index is 1.96. The first-order valence-electron chi connectivity index (χ1n) is 9.11. The van der Waals surface area contributed by atoms with Crippen molar-refractivity contribution >= 4 is 0 Å². The Labute approximate surface area is 121 Å². The van der Waals surface area contributed by atoms with Crippen LogP contribution in [0.2, 0.25) is 0 Å². The lowest BCUT2D eigenvalue weighted by Crippen LogP contribution is -2.37. The first-order valence-corrected chi connectivity index (χ1v) is 9.11. The predicted octanol–water partition coefficient (Wildman–Crippen LogP) is 5.69. The van der Waals surface area contributed by atoms with Crippen molar-refractivity contribution in [1.29, 1.82) is 0 Å². The smallest absolute Gasteiger partial charge is 0.00926 e. The van der Waals surface area contributed by atoms with E-state index in [9.17, 15) is 0 Å². The van der Waals surface area contributed by atoms with E-state index < -0.39 is 0 Å². The molecular formula is C18H37N. The molecule has 1 aliphatic carbocycles. The van der Waals surface area contributed by atoms with Crippen LogP contribution in [0.25, 0.3) is 0 Å². The van der Waals surface area contributed by atoms with Gasteiger partial charge in [-0.25, -0.2) is 0 Å². The molecule has 0 bridgehead atoms. The minimum absolute atomic E-state index is 0.806. The quantitative estimate of drug-likeness (QED) is 0.474. The second kappa shape index (κ2) is 11.8. The molecule has 0 aromatic carbocycles. The largest absolute Gasteiger partial charge is 0.314 e. The number of unbranched alkanes of at least 4 members (excludes halogenated alkanes) is 6. The Bertz CT molecular complexity index is 184. The van der Waals surface area contributed by atoms with Crippen LogP contribution in [0.15, 0.2) is 0 Å². The molecule has 1 unspecified atom stereocenters. The van der Waals surface area contributed by atoms with Crippen molar-refractivity contribution in [2.24, 2.45) is 5.92 Å². The fraction of sp³-hybridized carbons (Fsp3) is 1.00. The summed E-state index contributed by atoms with van der Waals surface area (Å²) in [6.45, 7) is 5.90. The first kappa shape index (κ1) is 17.0. The highest BCUT2D eigenvalue weighted by Crippen LogP contribution is 2.27. The van der Waals surface area contributed by atoms with E-state index in [1.807, 2.05) is 0 Å². The van der Waals surface area contributed by atoms with Crippen LogP contribution >= 0.6 is 0 Å². The highest BCUT2D eigenvalue weighted by molar-refractivity contribution is 4.78.